The summed E-state index contributed by atoms with van der Waals surface area (Å²) in [5.74, 6) is 0.159. The highest BCUT2D eigenvalue weighted by atomic mass is 32.1. The SMILES string of the molecule is CCCCCCCCCCCCc1ccsc1-c1ccc(-c2ccc(-c3sc(-c4ccc5c(c4)C(=O)c4cc(-c6cc(CCCCCCCCCCCC)c(-c7ccc(-c8ccc(-c9sccc9CCCCCCCCCCCC)s8)s7)s6)ccc4-5)cc3CCCCCCCCCCCC)s2)s1. The topological polar surface area (TPSA) is 17.1 Å². The second kappa shape index (κ2) is 43.5. The van der Waals surface area contributed by atoms with Gasteiger partial charge in [0.05, 0.1) is 0 Å². The molecule has 0 bridgehead atoms. The molecule has 9 heteroatoms. The number of fused-ring (bicyclic) bond motifs is 3. The van der Waals surface area contributed by atoms with Crippen LogP contribution >= 0.6 is 90.7 Å². The number of hydrogen-bond acceptors (Lipinski definition) is 9. The number of thiophene rings is 8. The minimum absolute atomic E-state index is 0.159. The average Bonchev–Trinajstić information content (AvgIpc) is 1.59. The Balaban J connectivity index is 0.774. The third-order valence-corrected chi connectivity index (χ3v) is 31.3. The van der Waals surface area contributed by atoms with Gasteiger partial charge in [0.1, 0.15) is 0 Å². The average molecular weight is 1510 g/mol. The quantitative estimate of drug-likeness (QED) is 0.0347. The Morgan fingerprint density at radius 1 is 0.216 bits per heavy atom. The Hall–Kier alpha value is -4.29. The molecule has 10 aromatic rings. The summed E-state index contributed by atoms with van der Waals surface area (Å²) < 4.78 is 0. The molecule has 0 saturated heterocycles. The van der Waals surface area contributed by atoms with E-state index < -0.39 is 0 Å². The largest absolute Gasteiger partial charge is 0.289 e. The van der Waals surface area contributed by atoms with Crippen LogP contribution in [0.4, 0.5) is 0 Å². The highest BCUT2D eigenvalue weighted by molar-refractivity contribution is 7.30. The fourth-order valence-electron chi connectivity index (χ4n) is 15.4. The van der Waals surface area contributed by atoms with Crippen LogP contribution in [0.1, 0.15) is 323 Å². The van der Waals surface area contributed by atoms with E-state index in [4.69, 9.17) is 0 Å². The summed E-state index contributed by atoms with van der Waals surface area (Å²) in [5, 5.41) is 4.63. The first-order valence-electron chi connectivity index (χ1n) is 41.0. The standard InChI is InChI=1S/C93H120OS8/c1-5-9-13-17-21-25-29-33-37-41-45-69-61-63-95-90(69)83-57-53-79(97-83)81-55-59-85(99-81)92-73(47-43-39-35-31-27-23-19-15-11-7-3)67-87(101-92)71-49-51-75-76-52-50-72(66-78(76)89(94)77(75)65-71)88-68-74(48-44-40-36-32-28-24-20-16-12-8-4)93(102-88)86-60-56-82(100-86)80-54-58-84(98-80)91-70(62-64-96-91)46-42-38-34-30-26-22-18-14-10-6-2/h49-68H,5-48H2,1-4H3. The molecular weight excluding hydrogens is 1390 g/mol. The number of hydrogen-bond donors (Lipinski definition) is 0. The second-order valence-corrected chi connectivity index (χ2v) is 38.0. The van der Waals surface area contributed by atoms with Crippen LogP contribution in [0.2, 0.25) is 0 Å². The van der Waals surface area contributed by atoms with Crippen molar-refractivity contribution in [3.05, 3.63) is 153 Å². The molecule has 0 radical (unpaired) electrons. The van der Waals surface area contributed by atoms with Crippen LogP contribution in [0.3, 0.4) is 0 Å². The van der Waals surface area contributed by atoms with E-state index in [2.05, 4.69) is 148 Å². The molecule has 0 fully saturated rings. The van der Waals surface area contributed by atoms with Crippen molar-refractivity contribution in [1.82, 2.24) is 0 Å². The van der Waals surface area contributed by atoms with Crippen LogP contribution in [-0.2, 0) is 25.7 Å². The Labute approximate surface area is 649 Å². The molecule has 0 spiro atoms. The number of ketones is 1. The first kappa shape index (κ1) is 78.8. The number of carbonyl (C=O) groups excluding carboxylic acids is 1. The molecule has 0 aliphatic heterocycles. The van der Waals surface area contributed by atoms with E-state index in [1.807, 2.05) is 90.7 Å². The van der Waals surface area contributed by atoms with Crippen molar-refractivity contribution in [2.75, 3.05) is 0 Å². The summed E-state index contributed by atoms with van der Waals surface area (Å²) in [6.45, 7) is 9.24. The molecule has 0 N–H and O–H groups in total. The molecule has 8 aromatic heterocycles. The van der Waals surface area contributed by atoms with Gasteiger partial charge in [-0.3, -0.25) is 4.79 Å². The summed E-state index contributed by atoms with van der Waals surface area (Å²) >= 11 is 15.6. The van der Waals surface area contributed by atoms with Crippen LogP contribution in [-0.4, -0.2) is 5.78 Å². The maximum absolute atomic E-state index is 15.0. The van der Waals surface area contributed by atoms with Crippen LogP contribution in [0.25, 0.3) is 90.5 Å². The van der Waals surface area contributed by atoms with Gasteiger partial charge in [-0.2, -0.15) is 0 Å². The lowest BCUT2D eigenvalue weighted by Crippen LogP contribution is -1.95. The molecule has 0 atom stereocenters. The summed E-state index contributed by atoms with van der Waals surface area (Å²) in [7, 11) is 0. The third kappa shape index (κ3) is 22.9. The van der Waals surface area contributed by atoms with Crippen LogP contribution in [0, 0.1) is 0 Å². The zero-order chi connectivity index (χ0) is 70.3. The highest BCUT2D eigenvalue weighted by Crippen LogP contribution is 2.51. The predicted octanol–water partition coefficient (Wildman–Crippen LogP) is 34.6. The molecule has 0 amide bonds. The lowest BCUT2D eigenvalue weighted by molar-refractivity contribution is 0.104. The van der Waals surface area contributed by atoms with Crippen molar-refractivity contribution in [3.63, 3.8) is 0 Å². The normalized spacial score (nSPS) is 12.1. The Kier molecular flexibility index (Phi) is 33.6. The summed E-state index contributed by atoms with van der Waals surface area (Å²) in [5.41, 5.74) is 12.1. The van der Waals surface area contributed by atoms with Gasteiger partial charge in [0.25, 0.3) is 0 Å². The fourth-order valence-corrected chi connectivity index (χ4v) is 24.5. The Bertz CT molecular complexity index is 3780. The van der Waals surface area contributed by atoms with Crippen molar-refractivity contribution < 1.29 is 4.79 Å². The summed E-state index contributed by atoms with van der Waals surface area (Å²) in [6, 6.07) is 42.4. The smallest absolute Gasteiger partial charge is 0.194 e. The minimum Gasteiger partial charge on any atom is -0.289 e. The van der Waals surface area contributed by atoms with Crippen LogP contribution in [0.15, 0.2) is 120 Å². The first-order valence-corrected chi connectivity index (χ1v) is 47.7. The van der Waals surface area contributed by atoms with Gasteiger partial charge in [-0.25, -0.2) is 0 Å². The number of carbonyl (C=O) groups is 1. The van der Waals surface area contributed by atoms with E-state index in [0.717, 1.165) is 46.2 Å². The van der Waals surface area contributed by atoms with Gasteiger partial charge in [0.15, 0.2) is 5.78 Å². The maximum atomic E-state index is 15.0. The molecule has 2 aromatic carbocycles. The van der Waals surface area contributed by atoms with Crippen molar-refractivity contribution in [3.8, 4) is 90.5 Å². The molecule has 0 unspecified atom stereocenters. The molecule has 11 rings (SSSR count). The van der Waals surface area contributed by atoms with Gasteiger partial charge in [0.2, 0.25) is 0 Å². The number of aryl methyl sites for hydroxylation is 4. The number of benzene rings is 2. The van der Waals surface area contributed by atoms with E-state index in [1.165, 1.54) is 360 Å². The molecule has 546 valence electrons. The Morgan fingerprint density at radius 3 is 0.765 bits per heavy atom. The highest BCUT2D eigenvalue weighted by Gasteiger charge is 2.29. The van der Waals surface area contributed by atoms with Crippen molar-refractivity contribution in [2.45, 2.75) is 310 Å². The summed E-state index contributed by atoms with van der Waals surface area (Å²) in [4.78, 5) is 34.3. The molecule has 8 heterocycles. The maximum Gasteiger partial charge on any atom is 0.194 e. The van der Waals surface area contributed by atoms with Crippen molar-refractivity contribution >= 4 is 96.5 Å². The van der Waals surface area contributed by atoms with Gasteiger partial charge in [-0.1, -0.05) is 283 Å². The van der Waals surface area contributed by atoms with Crippen LogP contribution < -0.4 is 0 Å². The lowest BCUT2D eigenvalue weighted by Gasteiger charge is -2.04. The predicted molar refractivity (Wildman–Crippen MR) is 464 cm³/mol. The molecule has 1 nitrogen and oxygen atoms in total. The second-order valence-electron chi connectivity index (χ2n) is 29.7. The lowest BCUT2D eigenvalue weighted by atomic mass is 10.00. The third-order valence-electron chi connectivity index (χ3n) is 21.5. The van der Waals surface area contributed by atoms with Crippen molar-refractivity contribution in [1.29, 1.82) is 0 Å². The van der Waals surface area contributed by atoms with E-state index in [0.29, 0.717) is 0 Å². The van der Waals surface area contributed by atoms with Crippen LogP contribution in [0.5, 0.6) is 0 Å². The van der Waals surface area contributed by atoms with E-state index in [-0.39, 0.29) is 5.78 Å². The van der Waals surface area contributed by atoms with Gasteiger partial charge in [0, 0.05) is 79.4 Å². The fraction of sp³-hybridized carbons (Fsp3) is 0.516. The van der Waals surface area contributed by atoms with Gasteiger partial charge >= 0.3 is 0 Å². The van der Waals surface area contributed by atoms with E-state index in [1.54, 1.807) is 0 Å². The number of unbranched alkanes of at least 4 members (excludes halogenated alkanes) is 36. The molecule has 1 aliphatic rings. The number of rotatable bonds is 52. The molecule has 0 saturated carbocycles. The van der Waals surface area contributed by atoms with Gasteiger partial charge in [-0.15, -0.1) is 90.7 Å². The van der Waals surface area contributed by atoms with E-state index >= 15 is 0 Å². The first-order chi connectivity index (χ1) is 50.4. The molecular formula is C93H120OS8. The Morgan fingerprint density at radius 2 is 0.471 bits per heavy atom. The molecule has 102 heavy (non-hydrogen) atoms. The zero-order valence-electron chi connectivity index (χ0n) is 62.8. The van der Waals surface area contributed by atoms with Gasteiger partial charge < -0.3 is 0 Å². The summed E-state index contributed by atoms with van der Waals surface area (Å²) in [6.07, 6.45) is 58.9. The molecule has 1 aliphatic carbocycles. The minimum atomic E-state index is 0.159. The monoisotopic (exact) mass is 1510 g/mol. The zero-order valence-corrected chi connectivity index (χ0v) is 69.4. The van der Waals surface area contributed by atoms with E-state index in [9.17, 15) is 4.79 Å². The van der Waals surface area contributed by atoms with Crippen molar-refractivity contribution in [2.24, 2.45) is 0 Å². The van der Waals surface area contributed by atoms with Gasteiger partial charge in [-0.05, 0) is 192 Å².